The van der Waals surface area contributed by atoms with Gasteiger partial charge in [0, 0.05) is 50.5 Å². The summed E-state index contributed by atoms with van der Waals surface area (Å²) >= 11 is 0. The number of halogens is 2. The fourth-order valence-electron chi connectivity index (χ4n) is 4.49. The first-order chi connectivity index (χ1) is 17.1. The Labute approximate surface area is 205 Å². The molecule has 36 heavy (non-hydrogen) atoms. The Morgan fingerprint density at radius 2 is 2.03 bits per heavy atom. The lowest BCUT2D eigenvalue weighted by Crippen LogP contribution is -2.70. The van der Waals surface area contributed by atoms with Gasteiger partial charge in [-0.2, -0.15) is 0 Å². The van der Waals surface area contributed by atoms with Gasteiger partial charge in [-0.25, -0.2) is 8.78 Å². The number of carbonyl (C=O) groups is 2. The standard InChI is InChI=1S/C22H25F2N4O7P/c1-26-21(32)17-19(30)18(29)15(20(31)25-10-13-3-4-14(23)9-16(13)24)11-27(17)28(6-2-8-36(33)34)22(26)5-7-35-12-22/h3-4,9,11,30,33-34H,2,5-8,10,12H2,1H3,(H,25,31). The van der Waals surface area contributed by atoms with E-state index in [1.165, 1.54) is 16.6 Å². The molecule has 2 aromatic rings. The smallest absolute Gasteiger partial charge is 0.278 e. The first-order valence-corrected chi connectivity index (χ1v) is 12.5. The molecule has 2 amide bonds. The van der Waals surface area contributed by atoms with Crippen LogP contribution in [-0.2, 0) is 11.3 Å². The summed E-state index contributed by atoms with van der Waals surface area (Å²) in [6.45, 7) is 0.267. The van der Waals surface area contributed by atoms with Crippen molar-refractivity contribution in [2.45, 2.75) is 25.0 Å². The highest BCUT2D eigenvalue weighted by Gasteiger charge is 2.52. The molecule has 11 nitrogen and oxygen atoms in total. The summed E-state index contributed by atoms with van der Waals surface area (Å²) in [5.74, 6) is -4.19. The molecule has 1 atom stereocenters. The van der Waals surface area contributed by atoms with E-state index < -0.39 is 54.2 Å². The minimum atomic E-state index is -2.16. The van der Waals surface area contributed by atoms with Gasteiger partial charge in [-0.15, -0.1) is 0 Å². The van der Waals surface area contributed by atoms with Crippen LogP contribution in [0.15, 0.2) is 29.2 Å². The van der Waals surface area contributed by atoms with Crippen LogP contribution in [0.3, 0.4) is 0 Å². The molecule has 194 valence electrons. The lowest BCUT2D eigenvalue weighted by molar-refractivity contribution is 0.0301. The Balaban J connectivity index is 1.73. The average molecular weight is 526 g/mol. The summed E-state index contributed by atoms with van der Waals surface area (Å²) < 4.78 is 33.9. The van der Waals surface area contributed by atoms with Crippen LogP contribution in [0.5, 0.6) is 5.75 Å². The second-order valence-electron chi connectivity index (χ2n) is 8.55. The van der Waals surface area contributed by atoms with E-state index in [4.69, 9.17) is 4.74 Å². The van der Waals surface area contributed by atoms with Gasteiger partial charge in [0.15, 0.2) is 25.5 Å². The van der Waals surface area contributed by atoms with E-state index in [1.54, 1.807) is 5.01 Å². The second-order valence-corrected chi connectivity index (χ2v) is 9.75. The molecule has 1 spiro atoms. The maximum atomic E-state index is 14.0. The highest BCUT2D eigenvalue weighted by molar-refractivity contribution is 7.45. The number of likely N-dealkylation sites (N-methyl/N-ethyl adjacent to an activating group) is 1. The van der Waals surface area contributed by atoms with Gasteiger partial charge < -0.3 is 29.8 Å². The molecule has 1 unspecified atom stereocenters. The summed E-state index contributed by atoms with van der Waals surface area (Å²) in [6, 6.07) is 2.84. The van der Waals surface area contributed by atoms with Crippen molar-refractivity contribution in [1.82, 2.24) is 14.9 Å². The monoisotopic (exact) mass is 526 g/mol. The number of aromatic nitrogens is 1. The molecule has 2 aliphatic rings. The predicted octanol–water partition coefficient (Wildman–Crippen LogP) is 0.589. The van der Waals surface area contributed by atoms with E-state index in [1.807, 2.05) is 0 Å². The van der Waals surface area contributed by atoms with Gasteiger partial charge in [0.2, 0.25) is 5.43 Å². The van der Waals surface area contributed by atoms with Crippen LogP contribution in [0, 0.1) is 11.6 Å². The van der Waals surface area contributed by atoms with Gasteiger partial charge in [-0.05, 0) is 12.5 Å². The van der Waals surface area contributed by atoms with Gasteiger partial charge in [0.05, 0.1) is 13.2 Å². The fourth-order valence-corrected chi connectivity index (χ4v) is 4.91. The Bertz CT molecular complexity index is 1250. The zero-order chi connectivity index (χ0) is 26.2. The van der Waals surface area contributed by atoms with Crippen molar-refractivity contribution >= 4 is 20.2 Å². The first kappa shape index (κ1) is 26.0. The molecule has 0 radical (unpaired) electrons. The van der Waals surface area contributed by atoms with Crippen molar-refractivity contribution in [3.8, 4) is 5.75 Å². The number of carbonyl (C=O) groups excluding carboxylic acids is 2. The lowest BCUT2D eigenvalue weighted by Gasteiger charge is -2.52. The number of rotatable bonds is 7. The first-order valence-electron chi connectivity index (χ1n) is 11.1. The van der Waals surface area contributed by atoms with E-state index in [9.17, 15) is 38.1 Å². The Morgan fingerprint density at radius 1 is 1.28 bits per heavy atom. The number of benzene rings is 1. The summed E-state index contributed by atoms with van der Waals surface area (Å²) in [5.41, 5.74) is -2.95. The van der Waals surface area contributed by atoms with E-state index in [0.717, 1.165) is 18.3 Å². The Hall–Kier alpha value is -3.12. The number of ether oxygens (including phenoxy) is 1. The third-order valence-corrected chi connectivity index (χ3v) is 7.16. The molecule has 2 aliphatic heterocycles. The Morgan fingerprint density at radius 3 is 2.67 bits per heavy atom. The molecule has 0 bridgehead atoms. The minimum Gasteiger partial charge on any atom is -0.502 e. The fraction of sp³-hybridized carbons (Fsp3) is 0.409. The van der Waals surface area contributed by atoms with Crippen molar-refractivity contribution in [3.63, 3.8) is 0 Å². The number of aromatic hydroxyl groups is 1. The zero-order valence-electron chi connectivity index (χ0n) is 19.3. The number of hydrogen-bond donors (Lipinski definition) is 4. The molecule has 1 fully saturated rings. The lowest BCUT2D eigenvalue weighted by atomic mass is 10.0. The SMILES string of the molecule is CN1C(=O)c2c(O)c(=O)c(C(=O)NCc3ccc(F)cc3F)cn2N(CCCP(O)O)C12CCOC2. The van der Waals surface area contributed by atoms with Crippen LogP contribution < -0.4 is 15.8 Å². The number of nitrogens with one attached hydrogen (secondary N) is 1. The highest BCUT2D eigenvalue weighted by atomic mass is 31.2. The minimum absolute atomic E-state index is 0.0166. The maximum Gasteiger partial charge on any atom is 0.278 e. The summed E-state index contributed by atoms with van der Waals surface area (Å²) in [5, 5.41) is 14.7. The normalized spacial score (nSPS) is 19.3. The second kappa shape index (κ2) is 10.1. The van der Waals surface area contributed by atoms with Crippen molar-refractivity contribution < 1.29 is 38.0 Å². The van der Waals surface area contributed by atoms with Gasteiger partial charge in [-0.1, -0.05) is 6.07 Å². The highest BCUT2D eigenvalue weighted by Crippen LogP contribution is 2.36. The molecular formula is C22H25F2N4O7P. The van der Waals surface area contributed by atoms with Crippen LogP contribution in [0.4, 0.5) is 8.78 Å². The van der Waals surface area contributed by atoms with Crippen LogP contribution in [0.25, 0.3) is 0 Å². The molecule has 0 saturated carbocycles. The zero-order valence-corrected chi connectivity index (χ0v) is 20.2. The molecule has 14 heteroatoms. The quantitative estimate of drug-likeness (QED) is 0.384. The van der Waals surface area contributed by atoms with Crippen LogP contribution >= 0.6 is 8.38 Å². The number of hydrogen-bond acceptors (Lipinski definition) is 8. The van der Waals surface area contributed by atoms with Gasteiger partial charge >= 0.3 is 0 Å². The summed E-state index contributed by atoms with van der Waals surface area (Å²) in [7, 11) is -0.649. The molecule has 1 aromatic carbocycles. The summed E-state index contributed by atoms with van der Waals surface area (Å²) in [6.07, 6.45) is 1.89. The topological polar surface area (TPSA) is 145 Å². The van der Waals surface area contributed by atoms with Crippen LogP contribution in [0.1, 0.15) is 39.3 Å². The molecular weight excluding hydrogens is 501 g/mol. The molecule has 1 saturated heterocycles. The molecule has 4 N–H and O–H groups in total. The predicted molar refractivity (Wildman–Crippen MR) is 124 cm³/mol. The molecule has 0 aliphatic carbocycles. The number of amides is 2. The van der Waals surface area contributed by atoms with E-state index in [0.29, 0.717) is 25.5 Å². The van der Waals surface area contributed by atoms with Gasteiger partial charge in [-0.3, -0.25) is 24.1 Å². The molecule has 4 rings (SSSR count). The van der Waals surface area contributed by atoms with Crippen LogP contribution in [-0.4, -0.2) is 74.9 Å². The number of nitrogens with zero attached hydrogens (tertiary/aromatic N) is 3. The molecule has 1 aromatic heterocycles. The Kier molecular flexibility index (Phi) is 7.28. The number of pyridine rings is 1. The van der Waals surface area contributed by atoms with E-state index in [2.05, 4.69) is 5.32 Å². The van der Waals surface area contributed by atoms with Gasteiger partial charge in [0.25, 0.3) is 11.8 Å². The van der Waals surface area contributed by atoms with Gasteiger partial charge in [0.1, 0.15) is 17.2 Å². The molecule has 3 heterocycles. The third-order valence-electron chi connectivity index (χ3n) is 6.44. The largest absolute Gasteiger partial charge is 0.502 e. The van der Waals surface area contributed by atoms with E-state index in [-0.39, 0.29) is 37.1 Å². The average Bonchev–Trinajstić information content (AvgIpc) is 3.31. The van der Waals surface area contributed by atoms with Crippen molar-refractivity contribution in [2.75, 3.05) is 38.0 Å². The summed E-state index contributed by atoms with van der Waals surface area (Å²) in [4.78, 5) is 59.0. The van der Waals surface area contributed by atoms with Crippen molar-refractivity contribution in [2.24, 2.45) is 0 Å². The van der Waals surface area contributed by atoms with E-state index >= 15 is 0 Å². The van der Waals surface area contributed by atoms with Crippen molar-refractivity contribution in [3.05, 3.63) is 63.1 Å². The maximum absolute atomic E-state index is 14.0. The van der Waals surface area contributed by atoms with Crippen LogP contribution in [0.2, 0.25) is 0 Å². The van der Waals surface area contributed by atoms with Crippen molar-refractivity contribution in [1.29, 1.82) is 0 Å². The third kappa shape index (κ3) is 4.55. The number of fused-ring (bicyclic) bond motifs is 1.